The first-order valence-electron chi connectivity index (χ1n) is 6.13. The molecule has 1 aliphatic rings. The standard InChI is InChI=1S/C14H12O6/c15-13(16)11-9(7-3-1-5-19-7)10(12(11)14(17)18)8-4-2-6-20-8/h1-6,9-12H,(H,15,16)(H,17,18)/t9-,10+,11-,12+. The Hall–Kier alpha value is -2.50. The van der Waals surface area contributed by atoms with Gasteiger partial charge in [0.1, 0.15) is 11.5 Å². The smallest absolute Gasteiger partial charge is 0.308 e. The van der Waals surface area contributed by atoms with Crippen molar-refractivity contribution < 1.29 is 28.6 Å². The molecule has 2 N–H and O–H groups in total. The summed E-state index contributed by atoms with van der Waals surface area (Å²) in [4.78, 5) is 22.8. The highest BCUT2D eigenvalue weighted by molar-refractivity contribution is 5.85. The van der Waals surface area contributed by atoms with Crippen molar-refractivity contribution >= 4 is 11.9 Å². The third kappa shape index (κ3) is 1.72. The maximum Gasteiger partial charge on any atom is 0.308 e. The first-order valence-corrected chi connectivity index (χ1v) is 6.13. The van der Waals surface area contributed by atoms with Crippen molar-refractivity contribution in [1.82, 2.24) is 0 Å². The van der Waals surface area contributed by atoms with Gasteiger partial charge in [-0.15, -0.1) is 0 Å². The van der Waals surface area contributed by atoms with Crippen molar-refractivity contribution in [2.45, 2.75) is 11.8 Å². The van der Waals surface area contributed by atoms with Crippen LogP contribution in [-0.4, -0.2) is 22.2 Å². The summed E-state index contributed by atoms with van der Waals surface area (Å²) in [6.07, 6.45) is 2.89. The summed E-state index contributed by atoms with van der Waals surface area (Å²) in [6, 6.07) is 6.63. The van der Waals surface area contributed by atoms with Gasteiger partial charge < -0.3 is 19.0 Å². The fraction of sp³-hybridized carbons (Fsp3) is 0.286. The number of carbonyl (C=O) groups is 2. The molecule has 0 saturated heterocycles. The molecule has 0 unspecified atom stereocenters. The van der Waals surface area contributed by atoms with Crippen LogP contribution >= 0.6 is 0 Å². The lowest BCUT2D eigenvalue weighted by molar-refractivity contribution is -0.165. The molecule has 0 aliphatic heterocycles. The third-order valence-corrected chi connectivity index (χ3v) is 3.86. The second-order valence-corrected chi connectivity index (χ2v) is 4.81. The van der Waals surface area contributed by atoms with Crippen molar-refractivity contribution in [1.29, 1.82) is 0 Å². The molecule has 3 rings (SSSR count). The van der Waals surface area contributed by atoms with Gasteiger partial charge >= 0.3 is 11.9 Å². The highest BCUT2D eigenvalue weighted by atomic mass is 16.4. The summed E-state index contributed by atoms with van der Waals surface area (Å²) in [5.74, 6) is -4.44. The van der Waals surface area contributed by atoms with Gasteiger partial charge in [-0.05, 0) is 24.3 Å². The Morgan fingerprint density at radius 3 is 1.50 bits per heavy atom. The van der Waals surface area contributed by atoms with Crippen molar-refractivity contribution in [2.24, 2.45) is 11.8 Å². The summed E-state index contributed by atoms with van der Waals surface area (Å²) in [5, 5.41) is 18.6. The Kier molecular flexibility index (Phi) is 2.85. The van der Waals surface area contributed by atoms with Crippen molar-refractivity contribution in [3.8, 4) is 0 Å². The van der Waals surface area contributed by atoms with E-state index in [-0.39, 0.29) is 0 Å². The zero-order chi connectivity index (χ0) is 14.3. The average Bonchev–Trinajstić information content (AvgIpc) is 2.98. The Bertz CT molecular complexity index is 556. The van der Waals surface area contributed by atoms with Crippen LogP contribution in [0.3, 0.4) is 0 Å². The molecule has 2 aromatic heterocycles. The molecular formula is C14H12O6. The van der Waals surface area contributed by atoms with Crippen LogP contribution in [0.25, 0.3) is 0 Å². The fourth-order valence-electron chi connectivity index (χ4n) is 3.03. The molecule has 0 amide bonds. The van der Waals surface area contributed by atoms with Crippen LogP contribution in [0, 0.1) is 11.8 Å². The quantitative estimate of drug-likeness (QED) is 0.887. The molecule has 20 heavy (non-hydrogen) atoms. The van der Waals surface area contributed by atoms with Crippen LogP contribution < -0.4 is 0 Å². The van der Waals surface area contributed by atoms with E-state index in [1.807, 2.05) is 0 Å². The minimum Gasteiger partial charge on any atom is -0.481 e. The van der Waals surface area contributed by atoms with Crippen LogP contribution in [0.4, 0.5) is 0 Å². The number of rotatable bonds is 4. The largest absolute Gasteiger partial charge is 0.481 e. The molecule has 0 spiro atoms. The van der Waals surface area contributed by atoms with Gasteiger partial charge in [0.15, 0.2) is 0 Å². The number of hydrogen-bond donors (Lipinski definition) is 2. The summed E-state index contributed by atoms with van der Waals surface area (Å²) in [7, 11) is 0. The topological polar surface area (TPSA) is 101 Å². The number of carboxylic acid groups (broad SMARTS) is 2. The molecule has 6 heteroatoms. The van der Waals surface area contributed by atoms with E-state index in [2.05, 4.69) is 0 Å². The maximum absolute atomic E-state index is 11.4. The first-order chi connectivity index (χ1) is 9.61. The zero-order valence-corrected chi connectivity index (χ0v) is 10.3. The van der Waals surface area contributed by atoms with Crippen molar-refractivity contribution in [2.75, 3.05) is 0 Å². The molecule has 104 valence electrons. The maximum atomic E-state index is 11.4. The van der Waals surface area contributed by atoms with Gasteiger partial charge in [-0.2, -0.15) is 0 Å². The van der Waals surface area contributed by atoms with Gasteiger partial charge in [0.25, 0.3) is 0 Å². The molecule has 1 saturated carbocycles. The Morgan fingerprint density at radius 2 is 1.25 bits per heavy atom. The molecular weight excluding hydrogens is 264 g/mol. The van der Waals surface area contributed by atoms with E-state index < -0.39 is 35.6 Å². The second-order valence-electron chi connectivity index (χ2n) is 4.81. The van der Waals surface area contributed by atoms with E-state index in [0.29, 0.717) is 11.5 Å². The van der Waals surface area contributed by atoms with Gasteiger partial charge in [-0.25, -0.2) is 0 Å². The zero-order valence-electron chi connectivity index (χ0n) is 10.3. The van der Waals surface area contributed by atoms with Gasteiger partial charge in [0.2, 0.25) is 0 Å². The number of hydrogen-bond acceptors (Lipinski definition) is 4. The summed E-state index contributed by atoms with van der Waals surface area (Å²) < 4.78 is 10.6. The normalized spacial score (nSPS) is 28.8. The van der Waals surface area contributed by atoms with Gasteiger partial charge in [-0.3, -0.25) is 9.59 Å². The van der Waals surface area contributed by atoms with Crippen LogP contribution in [0.15, 0.2) is 45.6 Å². The summed E-state index contributed by atoms with van der Waals surface area (Å²) in [5.41, 5.74) is 0. The Balaban J connectivity index is 2.03. The van der Waals surface area contributed by atoms with Crippen molar-refractivity contribution in [3.05, 3.63) is 48.3 Å². The molecule has 0 aromatic carbocycles. The Morgan fingerprint density at radius 1 is 0.850 bits per heavy atom. The predicted molar refractivity (Wildman–Crippen MR) is 65.1 cm³/mol. The first kappa shape index (κ1) is 12.5. The molecule has 2 aromatic rings. The van der Waals surface area contributed by atoms with Crippen molar-refractivity contribution in [3.63, 3.8) is 0 Å². The van der Waals surface area contributed by atoms with Gasteiger partial charge in [0, 0.05) is 11.8 Å². The highest BCUT2D eigenvalue weighted by Crippen LogP contribution is 2.58. The SMILES string of the molecule is O=C(O)[C@@H]1[C@H](C(=O)O)[C@H](c2ccco2)[C@@H]1c1ccco1. The summed E-state index contributed by atoms with van der Waals surface area (Å²) >= 11 is 0. The highest BCUT2D eigenvalue weighted by Gasteiger charge is 2.61. The number of aliphatic carboxylic acids is 2. The summed E-state index contributed by atoms with van der Waals surface area (Å²) in [6.45, 7) is 0. The monoisotopic (exact) mass is 276 g/mol. The van der Waals surface area contributed by atoms with Crippen LogP contribution in [0.5, 0.6) is 0 Å². The van der Waals surface area contributed by atoms with Crippen LogP contribution in [0.1, 0.15) is 23.4 Å². The minimum atomic E-state index is -1.14. The minimum absolute atomic E-state index is 0.469. The van der Waals surface area contributed by atoms with E-state index in [9.17, 15) is 19.8 Å². The lowest BCUT2D eigenvalue weighted by atomic mass is 9.55. The fourth-order valence-corrected chi connectivity index (χ4v) is 3.03. The van der Waals surface area contributed by atoms with E-state index in [1.54, 1.807) is 24.3 Å². The lowest BCUT2D eigenvalue weighted by Crippen LogP contribution is -2.51. The second kappa shape index (κ2) is 4.56. The van der Waals surface area contributed by atoms with E-state index in [1.165, 1.54) is 12.5 Å². The molecule has 2 heterocycles. The molecule has 1 fully saturated rings. The predicted octanol–water partition coefficient (Wildman–Crippen LogP) is 2.16. The van der Waals surface area contributed by atoms with E-state index in [4.69, 9.17) is 8.83 Å². The van der Waals surface area contributed by atoms with Gasteiger partial charge in [0.05, 0.1) is 24.4 Å². The van der Waals surface area contributed by atoms with E-state index in [0.717, 1.165) is 0 Å². The number of furan rings is 2. The van der Waals surface area contributed by atoms with Gasteiger partial charge in [-0.1, -0.05) is 0 Å². The van der Waals surface area contributed by atoms with Crippen LogP contribution in [0.2, 0.25) is 0 Å². The Labute approximate surface area is 113 Å². The third-order valence-electron chi connectivity index (χ3n) is 3.86. The lowest BCUT2D eigenvalue weighted by Gasteiger charge is -2.45. The molecule has 4 atom stereocenters. The van der Waals surface area contributed by atoms with E-state index >= 15 is 0 Å². The molecule has 6 nitrogen and oxygen atoms in total. The molecule has 0 radical (unpaired) electrons. The number of carboxylic acids is 2. The average molecular weight is 276 g/mol. The molecule has 0 bridgehead atoms. The van der Waals surface area contributed by atoms with Crippen LogP contribution in [-0.2, 0) is 9.59 Å². The molecule has 1 aliphatic carbocycles.